The molecule has 0 saturated heterocycles. The van der Waals surface area contributed by atoms with Gasteiger partial charge in [-0.2, -0.15) is 0 Å². The van der Waals surface area contributed by atoms with E-state index in [1.54, 1.807) is 25.3 Å². The third kappa shape index (κ3) is 2.52. The molecule has 2 rings (SSSR count). The SMILES string of the molecule is COCc1ccc(Cl)cc1-c1cc(C(=O)O)no1. The van der Waals surface area contributed by atoms with Crippen LogP contribution >= 0.6 is 11.6 Å². The van der Waals surface area contributed by atoms with Crippen LogP contribution in [-0.4, -0.2) is 23.3 Å². The topological polar surface area (TPSA) is 72.6 Å². The minimum atomic E-state index is -1.14. The average Bonchev–Trinajstić information content (AvgIpc) is 2.81. The van der Waals surface area contributed by atoms with Crippen LogP contribution in [0.25, 0.3) is 11.3 Å². The molecule has 5 nitrogen and oxygen atoms in total. The van der Waals surface area contributed by atoms with E-state index >= 15 is 0 Å². The number of aromatic nitrogens is 1. The van der Waals surface area contributed by atoms with E-state index < -0.39 is 5.97 Å². The molecule has 0 fully saturated rings. The number of carboxylic acids is 1. The lowest BCUT2D eigenvalue weighted by molar-refractivity contribution is 0.0686. The van der Waals surface area contributed by atoms with E-state index in [0.717, 1.165) is 5.56 Å². The minimum Gasteiger partial charge on any atom is -0.476 e. The van der Waals surface area contributed by atoms with Gasteiger partial charge in [0.05, 0.1) is 6.61 Å². The lowest BCUT2D eigenvalue weighted by Gasteiger charge is -2.06. The average molecular weight is 268 g/mol. The predicted octanol–water partition coefficient (Wildman–Crippen LogP) is 2.84. The summed E-state index contributed by atoms with van der Waals surface area (Å²) in [5.41, 5.74) is 1.37. The molecule has 0 bridgehead atoms. The molecular weight excluding hydrogens is 258 g/mol. The normalized spacial score (nSPS) is 10.6. The number of benzene rings is 1. The molecule has 2 aromatic rings. The first-order valence-electron chi connectivity index (χ1n) is 5.09. The number of ether oxygens (including phenoxy) is 1. The van der Waals surface area contributed by atoms with Gasteiger partial charge in [-0.3, -0.25) is 0 Å². The zero-order chi connectivity index (χ0) is 13.1. The van der Waals surface area contributed by atoms with Gasteiger partial charge in [-0.25, -0.2) is 4.79 Å². The molecule has 0 aliphatic carbocycles. The highest BCUT2D eigenvalue weighted by Gasteiger charge is 2.15. The van der Waals surface area contributed by atoms with Gasteiger partial charge in [0.25, 0.3) is 0 Å². The number of carbonyl (C=O) groups is 1. The van der Waals surface area contributed by atoms with Crippen molar-refractivity contribution in [2.24, 2.45) is 0 Å². The first-order valence-corrected chi connectivity index (χ1v) is 5.47. The Morgan fingerprint density at radius 3 is 2.89 bits per heavy atom. The van der Waals surface area contributed by atoms with E-state index in [1.807, 2.05) is 0 Å². The van der Waals surface area contributed by atoms with E-state index in [2.05, 4.69) is 5.16 Å². The fourth-order valence-electron chi connectivity index (χ4n) is 1.56. The van der Waals surface area contributed by atoms with Gasteiger partial charge < -0.3 is 14.4 Å². The van der Waals surface area contributed by atoms with Crippen LogP contribution < -0.4 is 0 Å². The molecule has 1 N–H and O–H groups in total. The summed E-state index contributed by atoms with van der Waals surface area (Å²) in [6.07, 6.45) is 0. The number of methoxy groups -OCH3 is 1. The summed E-state index contributed by atoms with van der Waals surface area (Å²) < 4.78 is 10.1. The molecule has 94 valence electrons. The number of hydrogen-bond donors (Lipinski definition) is 1. The molecule has 0 amide bonds. The third-order valence-corrected chi connectivity index (χ3v) is 2.60. The van der Waals surface area contributed by atoms with Crippen LogP contribution in [0.15, 0.2) is 28.8 Å². The van der Waals surface area contributed by atoms with Gasteiger partial charge in [0.1, 0.15) is 0 Å². The van der Waals surface area contributed by atoms with Crippen molar-refractivity contribution in [1.29, 1.82) is 0 Å². The second kappa shape index (κ2) is 5.20. The number of halogens is 1. The molecule has 0 aliphatic rings. The number of nitrogens with zero attached hydrogens (tertiary/aromatic N) is 1. The van der Waals surface area contributed by atoms with Gasteiger partial charge in [0, 0.05) is 23.8 Å². The number of carboxylic acid groups (broad SMARTS) is 1. The van der Waals surface area contributed by atoms with Crippen LogP contribution in [0, 0.1) is 0 Å². The molecule has 1 heterocycles. The first kappa shape index (κ1) is 12.6. The Morgan fingerprint density at radius 2 is 2.28 bits per heavy atom. The van der Waals surface area contributed by atoms with Crippen molar-refractivity contribution in [2.75, 3.05) is 7.11 Å². The van der Waals surface area contributed by atoms with Crippen molar-refractivity contribution in [3.8, 4) is 11.3 Å². The Labute approximate surface area is 108 Å². The van der Waals surface area contributed by atoms with Crippen LogP contribution in [0.1, 0.15) is 16.1 Å². The summed E-state index contributed by atoms with van der Waals surface area (Å²) in [6, 6.07) is 6.56. The molecule has 1 aromatic heterocycles. The Kier molecular flexibility index (Phi) is 3.64. The maximum atomic E-state index is 10.7. The molecular formula is C12H10ClNO4. The van der Waals surface area contributed by atoms with E-state index in [4.69, 9.17) is 26.0 Å². The molecule has 0 radical (unpaired) electrons. The Hall–Kier alpha value is -1.85. The molecule has 0 aliphatic heterocycles. The Morgan fingerprint density at radius 1 is 1.50 bits per heavy atom. The van der Waals surface area contributed by atoms with Gasteiger partial charge in [-0.15, -0.1) is 0 Å². The smallest absolute Gasteiger partial charge is 0.358 e. The van der Waals surface area contributed by atoms with Crippen molar-refractivity contribution in [1.82, 2.24) is 5.16 Å². The number of hydrogen-bond acceptors (Lipinski definition) is 4. The van der Waals surface area contributed by atoms with Gasteiger partial charge in [0.2, 0.25) is 0 Å². The predicted molar refractivity (Wildman–Crippen MR) is 64.6 cm³/mol. The Bertz CT molecular complexity index is 579. The van der Waals surface area contributed by atoms with Gasteiger partial charge in [-0.1, -0.05) is 22.8 Å². The van der Waals surface area contributed by atoms with Crippen LogP contribution in [0.4, 0.5) is 0 Å². The van der Waals surface area contributed by atoms with Gasteiger partial charge in [-0.05, 0) is 17.7 Å². The van der Waals surface area contributed by atoms with Crippen molar-refractivity contribution in [3.05, 3.63) is 40.5 Å². The lowest BCUT2D eigenvalue weighted by Crippen LogP contribution is -1.94. The van der Waals surface area contributed by atoms with E-state index in [0.29, 0.717) is 23.0 Å². The number of rotatable bonds is 4. The highest BCUT2D eigenvalue weighted by atomic mass is 35.5. The Balaban J connectivity index is 2.47. The highest BCUT2D eigenvalue weighted by molar-refractivity contribution is 6.30. The first-order chi connectivity index (χ1) is 8.61. The van der Waals surface area contributed by atoms with Crippen molar-refractivity contribution >= 4 is 17.6 Å². The summed E-state index contributed by atoms with van der Waals surface area (Å²) in [5, 5.41) is 12.8. The third-order valence-electron chi connectivity index (χ3n) is 2.37. The fourth-order valence-corrected chi connectivity index (χ4v) is 1.73. The highest BCUT2D eigenvalue weighted by Crippen LogP contribution is 2.28. The molecule has 0 spiro atoms. The quantitative estimate of drug-likeness (QED) is 0.922. The minimum absolute atomic E-state index is 0.145. The van der Waals surface area contributed by atoms with Crippen molar-refractivity contribution in [3.63, 3.8) is 0 Å². The van der Waals surface area contributed by atoms with Crippen LogP contribution in [0.3, 0.4) is 0 Å². The van der Waals surface area contributed by atoms with Crippen LogP contribution in [0.2, 0.25) is 5.02 Å². The van der Waals surface area contributed by atoms with Crippen molar-refractivity contribution in [2.45, 2.75) is 6.61 Å². The molecule has 0 unspecified atom stereocenters. The van der Waals surface area contributed by atoms with Gasteiger partial charge >= 0.3 is 5.97 Å². The van der Waals surface area contributed by atoms with Crippen molar-refractivity contribution < 1.29 is 19.2 Å². The zero-order valence-electron chi connectivity index (χ0n) is 9.51. The summed E-state index contributed by atoms with van der Waals surface area (Å²) in [6.45, 7) is 0.371. The fraction of sp³-hybridized carbons (Fsp3) is 0.167. The second-order valence-electron chi connectivity index (χ2n) is 3.62. The molecule has 0 saturated carbocycles. The summed E-state index contributed by atoms with van der Waals surface area (Å²) >= 11 is 5.92. The molecule has 1 aromatic carbocycles. The van der Waals surface area contributed by atoms with E-state index in [9.17, 15) is 4.79 Å². The largest absolute Gasteiger partial charge is 0.476 e. The molecule has 0 atom stereocenters. The van der Waals surface area contributed by atoms with Crippen LogP contribution in [-0.2, 0) is 11.3 Å². The van der Waals surface area contributed by atoms with E-state index in [-0.39, 0.29) is 5.69 Å². The summed E-state index contributed by atoms with van der Waals surface area (Å²) in [4.78, 5) is 10.7. The monoisotopic (exact) mass is 267 g/mol. The summed E-state index contributed by atoms with van der Waals surface area (Å²) in [7, 11) is 1.57. The lowest BCUT2D eigenvalue weighted by atomic mass is 10.1. The molecule has 6 heteroatoms. The molecule has 18 heavy (non-hydrogen) atoms. The summed E-state index contributed by atoms with van der Waals surface area (Å²) in [5.74, 6) is -0.790. The standard InChI is InChI=1S/C12H10ClNO4/c1-17-6-7-2-3-8(13)4-9(7)11-5-10(12(15)16)14-18-11/h2-5H,6H2,1H3,(H,15,16). The maximum Gasteiger partial charge on any atom is 0.358 e. The van der Waals surface area contributed by atoms with E-state index in [1.165, 1.54) is 6.07 Å². The zero-order valence-corrected chi connectivity index (χ0v) is 10.3. The maximum absolute atomic E-state index is 10.7. The second-order valence-corrected chi connectivity index (χ2v) is 4.05. The van der Waals surface area contributed by atoms with Gasteiger partial charge in [0.15, 0.2) is 11.5 Å². The van der Waals surface area contributed by atoms with Crippen LogP contribution in [0.5, 0.6) is 0 Å². The number of aromatic carboxylic acids is 1.